The lowest BCUT2D eigenvalue weighted by atomic mass is 9.86. The van der Waals surface area contributed by atoms with E-state index < -0.39 is 6.04 Å². The molecule has 2 aromatic carbocycles. The number of benzene rings is 2. The Balaban J connectivity index is 2.22. The topological polar surface area (TPSA) is 58.6 Å². The predicted molar refractivity (Wildman–Crippen MR) is 139 cm³/mol. The van der Waals surface area contributed by atoms with Crippen LogP contribution in [-0.2, 0) is 28.0 Å². The molecule has 0 fully saturated rings. The SMILES string of the molecule is CC[C@H](C(=O)N[C@@H](C)CC)N(Cc1cccc(OC)c1)C(=O)CCc1ccc(C(C)(C)C)cc1. The quantitative estimate of drug-likeness (QED) is 0.466. The lowest BCUT2D eigenvalue weighted by Crippen LogP contribution is -2.50. The highest BCUT2D eigenvalue weighted by Gasteiger charge is 2.29. The third-order valence-corrected chi connectivity index (χ3v) is 6.32. The Morgan fingerprint density at radius 3 is 2.24 bits per heavy atom. The molecule has 1 N–H and O–H groups in total. The minimum absolute atomic E-state index is 0.0196. The Bertz CT molecular complexity index is 931. The van der Waals surface area contributed by atoms with Crippen molar-refractivity contribution in [2.75, 3.05) is 7.11 Å². The zero-order valence-corrected chi connectivity index (χ0v) is 22.0. The number of nitrogens with zero attached hydrogens (tertiary/aromatic N) is 1. The van der Waals surface area contributed by atoms with Crippen molar-refractivity contribution in [1.82, 2.24) is 10.2 Å². The average Bonchev–Trinajstić information content (AvgIpc) is 2.82. The number of carbonyl (C=O) groups is 2. The minimum atomic E-state index is -0.518. The number of aryl methyl sites for hydroxylation is 1. The van der Waals surface area contributed by atoms with E-state index in [1.54, 1.807) is 12.0 Å². The van der Waals surface area contributed by atoms with Crippen LogP contribution in [0.2, 0.25) is 0 Å². The first-order valence-electron chi connectivity index (χ1n) is 12.4. The highest BCUT2D eigenvalue weighted by Crippen LogP contribution is 2.23. The molecule has 0 radical (unpaired) electrons. The monoisotopic (exact) mass is 466 g/mol. The van der Waals surface area contributed by atoms with Gasteiger partial charge in [0.1, 0.15) is 11.8 Å². The van der Waals surface area contributed by atoms with E-state index in [1.165, 1.54) is 5.56 Å². The first kappa shape index (κ1) is 27.4. The molecule has 0 aromatic heterocycles. The molecule has 0 bridgehead atoms. The van der Waals surface area contributed by atoms with Gasteiger partial charge in [-0.05, 0) is 60.4 Å². The van der Waals surface area contributed by atoms with Gasteiger partial charge in [0.25, 0.3) is 0 Å². The third kappa shape index (κ3) is 7.89. The maximum Gasteiger partial charge on any atom is 0.243 e. The second-order valence-electron chi connectivity index (χ2n) is 10.1. The summed E-state index contributed by atoms with van der Waals surface area (Å²) in [5.74, 6) is 0.623. The molecule has 2 amide bonds. The summed E-state index contributed by atoms with van der Waals surface area (Å²) in [4.78, 5) is 28.3. The predicted octanol–water partition coefficient (Wildman–Crippen LogP) is 5.65. The lowest BCUT2D eigenvalue weighted by molar-refractivity contribution is -0.141. The van der Waals surface area contributed by atoms with Crippen LogP contribution in [0.15, 0.2) is 48.5 Å². The molecule has 0 saturated carbocycles. The van der Waals surface area contributed by atoms with Gasteiger partial charge in [-0.1, -0.05) is 71.0 Å². The van der Waals surface area contributed by atoms with Crippen LogP contribution in [0.4, 0.5) is 0 Å². The second-order valence-corrected chi connectivity index (χ2v) is 10.1. The van der Waals surface area contributed by atoms with Crippen molar-refractivity contribution >= 4 is 11.8 Å². The summed E-state index contributed by atoms with van der Waals surface area (Å²) in [6.07, 6.45) is 2.39. The zero-order valence-electron chi connectivity index (χ0n) is 22.0. The standard InChI is InChI=1S/C29H42N2O3/c1-8-21(3)30-28(33)26(9-2)31(20-23-11-10-12-25(19-23)34-7)27(32)18-15-22-13-16-24(17-14-22)29(4,5)6/h10-14,16-17,19,21,26H,8-9,15,18,20H2,1-7H3,(H,30,33)/t21-,26+/m0/s1. The van der Waals surface area contributed by atoms with Crippen molar-refractivity contribution in [2.45, 2.75) is 91.3 Å². The Kier molecular flexibility index (Phi) is 10.2. The summed E-state index contributed by atoms with van der Waals surface area (Å²) >= 11 is 0. The minimum Gasteiger partial charge on any atom is -0.497 e. The Morgan fingerprint density at radius 1 is 1.00 bits per heavy atom. The Morgan fingerprint density at radius 2 is 1.68 bits per heavy atom. The van der Waals surface area contributed by atoms with Crippen LogP contribution in [0.25, 0.3) is 0 Å². The van der Waals surface area contributed by atoms with Crippen LogP contribution in [0, 0.1) is 0 Å². The summed E-state index contributed by atoms with van der Waals surface area (Å²) in [5, 5.41) is 3.06. The molecule has 186 valence electrons. The number of ether oxygens (including phenoxy) is 1. The van der Waals surface area contributed by atoms with E-state index in [0.29, 0.717) is 25.8 Å². The largest absolute Gasteiger partial charge is 0.497 e. The molecule has 0 heterocycles. The van der Waals surface area contributed by atoms with Crippen LogP contribution >= 0.6 is 0 Å². The van der Waals surface area contributed by atoms with Gasteiger partial charge in [-0.3, -0.25) is 9.59 Å². The van der Waals surface area contributed by atoms with Crippen LogP contribution < -0.4 is 10.1 Å². The normalized spacial score (nSPS) is 13.1. The molecule has 2 atom stereocenters. The Hall–Kier alpha value is -2.82. The van der Waals surface area contributed by atoms with Crippen LogP contribution in [0.1, 0.15) is 77.5 Å². The first-order valence-corrected chi connectivity index (χ1v) is 12.4. The summed E-state index contributed by atoms with van der Waals surface area (Å²) in [5.41, 5.74) is 3.44. The average molecular weight is 467 g/mol. The fourth-order valence-electron chi connectivity index (χ4n) is 3.89. The summed E-state index contributed by atoms with van der Waals surface area (Å²) < 4.78 is 5.35. The van der Waals surface area contributed by atoms with Gasteiger partial charge < -0.3 is 15.0 Å². The van der Waals surface area contributed by atoms with Gasteiger partial charge in [-0.25, -0.2) is 0 Å². The van der Waals surface area contributed by atoms with E-state index in [4.69, 9.17) is 4.74 Å². The second kappa shape index (κ2) is 12.6. The molecule has 0 aliphatic rings. The van der Waals surface area contributed by atoms with E-state index in [9.17, 15) is 9.59 Å². The number of methoxy groups -OCH3 is 1. The smallest absolute Gasteiger partial charge is 0.243 e. The van der Waals surface area contributed by atoms with Gasteiger partial charge in [0.2, 0.25) is 11.8 Å². The molecule has 0 aliphatic carbocycles. The Labute approximate surface area is 205 Å². The van der Waals surface area contributed by atoms with Gasteiger partial charge in [0, 0.05) is 19.0 Å². The molecule has 5 nitrogen and oxygen atoms in total. The van der Waals surface area contributed by atoms with Gasteiger partial charge in [-0.15, -0.1) is 0 Å². The highest BCUT2D eigenvalue weighted by atomic mass is 16.5. The zero-order chi connectivity index (χ0) is 25.3. The number of rotatable bonds is 11. The molecular formula is C29H42N2O3. The van der Waals surface area contributed by atoms with Crippen LogP contribution in [0.5, 0.6) is 5.75 Å². The number of amides is 2. The summed E-state index contributed by atoms with van der Waals surface area (Å²) in [6, 6.07) is 15.7. The van der Waals surface area contributed by atoms with Crippen molar-refractivity contribution in [3.63, 3.8) is 0 Å². The molecule has 0 spiro atoms. The van der Waals surface area contributed by atoms with Crippen LogP contribution in [0.3, 0.4) is 0 Å². The van der Waals surface area contributed by atoms with Crippen molar-refractivity contribution in [3.8, 4) is 5.75 Å². The maximum absolute atomic E-state index is 13.5. The van der Waals surface area contributed by atoms with E-state index in [0.717, 1.165) is 23.3 Å². The number of hydrogen-bond acceptors (Lipinski definition) is 3. The fourth-order valence-corrected chi connectivity index (χ4v) is 3.89. The van der Waals surface area contributed by atoms with E-state index in [2.05, 4.69) is 50.4 Å². The molecular weight excluding hydrogens is 424 g/mol. The van der Waals surface area contributed by atoms with Crippen molar-refractivity contribution in [3.05, 3.63) is 65.2 Å². The van der Waals surface area contributed by atoms with Crippen molar-refractivity contribution in [1.29, 1.82) is 0 Å². The molecule has 0 unspecified atom stereocenters. The van der Waals surface area contributed by atoms with E-state index in [1.807, 2.05) is 45.0 Å². The fraction of sp³-hybridized carbons (Fsp3) is 0.517. The van der Waals surface area contributed by atoms with E-state index in [-0.39, 0.29) is 23.3 Å². The first-order chi connectivity index (χ1) is 16.1. The summed E-state index contributed by atoms with van der Waals surface area (Å²) in [7, 11) is 1.63. The summed E-state index contributed by atoms with van der Waals surface area (Å²) in [6.45, 7) is 12.9. The molecule has 34 heavy (non-hydrogen) atoms. The van der Waals surface area contributed by atoms with Gasteiger partial charge >= 0.3 is 0 Å². The maximum atomic E-state index is 13.5. The van der Waals surface area contributed by atoms with Gasteiger partial charge in [-0.2, -0.15) is 0 Å². The lowest BCUT2D eigenvalue weighted by Gasteiger charge is -2.31. The van der Waals surface area contributed by atoms with Crippen molar-refractivity contribution in [2.24, 2.45) is 0 Å². The highest BCUT2D eigenvalue weighted by molar-refractivity contribution is 5.88. The molecule has 0 aliphatic heterocycles. The van der Waals surface area contributed by atoms with E-state index >= 15 is 0 Å². The molecule has 2 rings (SSSR count). The van der Waals surface area contributed by atoms with Gasteiger partial charge in [0.15, 0.2) is 0 Å². The van der Waals surface area contributed by atoms with Crippen LogP contribution in [-0.4, -0.2) is 35.9 Å². The number of nitrogens with one attached hydrogen (secondary N) is 1. The van der Waals surface area contributed by atoms with Crippen molar-refractivity contribution < 1.29 is 14.3 Å². The van der Waals surface area contributed by atoms with Gasteiger partial charge in [0.05, 0.1) is 7.11 Å². The third-order valence-electron chi connectivity index (χ3n) is 6.32. The molecule has 5 heteroatoms. The number of carbonyl (C=O) groups excluding carboxylic acids is 2. The molecule has 2 aromatic rings. The molecule has 0 saturated heterocycles. The number of hydrogen-bond donors (Lipinski definition) is 1.